The first-order valence-corrected chi connectivity index (χ1v) is 8.35. The van der Waals surface area contributed by atoms with E-state index in [0.29, 0.717) is 6.04 Å². The molecular weight excluding hydrogens is 316 g/mol. The molecule has 2 N–H and O–H groups in total. The Kier molecular flexibility index (Phi) is 6.49. The fourth-order valence-corrected chi connectivity index (χ4v) is 3.17. The van der Waals surface area contributed by atoms with E-state index < -0.39 is 0 Å². The van der Waals surface area contributed by atoms with Crippen LogP contribution in [0.4, 0.5) is 0 Å². The minimum atomic E-state index is 0.244. The molecule has 112 valence electrons. The number of hydrogen-bond acceptors (Lipinski definition) is 3. The van der Waals surface area contributed by atoms with E-state index in [0.717, 1.165) is 26.1 Å². The van der Waals surface area contributed by atoms with Crippen LogP contribution in [0.1, 0.15) is 31.7 Å². The van der Waals surface area contributed by atoms with Gasteiger partial charge in [-0.1, -0.05) is 41.1 Å². The van der Waals surface area contributed by atoms with E-state index in [2.05, 4.69) is 57.3 Å². The average Bonchev–Trinajstić information content (AvgIpc) is 2.49. The number of nitrogens with one attached hydrogen (secondary N) is 1. The van der Waals surface area contributed by atoms with E-state index in [1.54, 1.807) is 0 Å². The van der Waals surface area contributed by atoms with E-state index in [-0.39, 0.29) is 12.6 Å². The zero-order chi connectivity index (χ0) is 14.4. The summed E-state index contributed by atoms with van der Waals surface area (Å²) in [6, 6.07) is 9.27. The molecule has 1 aromatic rings. The molecule has 0 bridgehead atoms. The van der Waals surface area contributed by atoms with Gasteiger partial charge in [0, 0.05) is 23.1 Å². The Morgan fingerprint density at radius 3 is 2.65 bits per heavy atom. The van der Waals surface area contributed by atoms with Crippen molar-refractivity contribution in [3.05, 3.63) is 34.3 Å². The molecule has 0 radical (unpaired) electrons. The quantitative estimate of drug-likeness (QED) is 0.835. The number of halogens is 1. The Hall–Kier alpha value is -0.420. The number of likely N-dealkylation sites (tertiary alicyclic amines) is 1. The van der Waals surface area contributed by atoms with Crippen LogP contribution in [-0.4, -0.2) is 41.8 Å². The standard InChI is InChI=1S/C16H25BrN2O/c1-2-14(12-20)18-15-7-9-19(10-8-15)11-13-5-3-4-6-16(13)17/h3-6,14-15,18,20H,2,7-12H2,1H3. The Bertz CT molecular complexity index is 401. The van der Waals surface area contributed by atoms with E-state index >= 15 is 0 Å². The van der Waals surface area contributed by atoms with Crippen molar-refractivity contribution in [3.8, 4) is 0 Å². The summed E-state index contributed by atoms with van der Waals surface area (Å²) in [6.45, 7) is 5.64. The molecule has 0 spiro atoms. The topological polar surface area (TPSA) is 35.5 Å². The Morgan fingerprint density at radius 2 is 2.05 bits per heavy atom. The number of aliphatic hydroxyl groups is 1. The maximum absolute atomic E-state index is 9.26. The van der Waals surface area contributed by atoms with Crippen molar-refractivity contribution in [1.29, 1.82) is 0 Å². The molecule has 4 heteroatoms. The van der Waals surface area contributed by atoms with Gasteiger partial charge in [-0.15, -0.1) is 0 Å². The molecule has 1 heterocycles. The van der Waals surface area contributed by atoms with Gasteiger partial charge in [-0.3, -0.25) is 4.90 Å². The van der Waals surface area contributed by atoms with Gasteiger partial charge >= 0.3 is 0 Å². The lowest BCUT2D eigenvalue weighted by molar-refractivity contribution is 0.165. The van der Waals surface area contributed by atoms with E-state index in [4.69, 9.17) is 0 Å². The molecular formula is C16H25BrN2O. The SMILES string of the molecule is CCC(CO)NC1CCN(Cc2ccccc2Br)CC1. The molecule has 2 rings (SSSR count). The molecule has 0 aliphatic carbocycles. The van der Waals surface area contributed by atoms with Crippen molar-refractivity contribution in [2.75, 3.05) is 19.7 Å². The van der Waals surface area contributed by atoms with Crippen molar-refractivity contribution in [2.24, 2.45) is 0 Å². The highest BCUT2D eigenvalue weighted by Gasteiger charge is 2.21. The average molecular weight is 341 g/mol. The zero-order valence-electron chi connectivity index (χ0n) is 12.2. The third-order valence-electron chi connectivity index (χ3n) is 4.12. The van der Waals surface area contributed by atoms with Gasteiger partial charge in [0.25, 0.3) is 0 Å². The second kappa shape index (κ2) is 8.13. The van der Waals surface area contributed by atoms with E-state index in [1.165, 1.54) is 22.9 Å². The summed E-state index contributed by atoms with van der Waals surface area (Å²) in [5.74, 6) is 0. The summed E-state index contributed by atoms with van der Waals surface area (Å²) in [6.07, 6.45) is 3.33. The minimum absolute atomic E-state index is 0.244. The van der Waals surface area contributed by atoms with Gasteiger partial charge in [0.2, 0.25) is 0 Å². The fraction of sp³-hybridized carbons (Fsp3) is 0.625. The lowest BCUT2D eigenvalue weighted by Gasteiger charge is -2.34. The molecule has 1 atom stereocenters. The number of piperidine rings is 1. The van der Waals surface area contributed by atoms with Gasteiger partial charge in [0.1, 0.15) is 0 Å². The number of hydrogen-bond donors (Lipinski definition) is 2. The van der Waals surface area contributed by atoms with Crippen molar-refractivity contribution < 1.29 is 5.11 Å². The van der Waals surface area contributed by atoms with E-state index in [1.807, 2.05) is 0 Å². The highest BCUT2D eigenvalue weighted by atomic mass is 79.9. The molecule has 0 saturated carbocycles. The highest BCUT2D eigenvalue weighted by molar-refractivity contribution is 9.10. The molecule has 1 saturated heterocycles. The van der Waals surface area contributed by atoms with Crippen LogP contribution >= 0.6 is 15.9 Å². The number of rotatable bonds is 6. The first-order chi connectivity index (χ1) is 9.72. The second-order valence-electron chi connectivity index (χ2n) is 5.60. The second-order valence-corrected chi connectivity index (χ2v) is 6.45. The summed E-state index contributed by atoms with van der Waals surface area (Å²) in [5, 5.41) is 12.8. The number of aliphatic hydroxyl groups excluding tert-OH is 1. The summed E-state index contributed by atoms with van der Waals surface area (Å²) in [5.41, 5.74) is 1.36. The summed E-state index contributed by atoms with van der Waals surface area (Å²) >= 11 is 3.62. The van der Waals surface area contributed by atoms with Gasteiger partial charge in [-0.25, -0.2) is 0 Å². The summed E-state index contributed by atoms with van der Waals surface area (Å²) < 4.78 is 1.20. The molecule has 0 aromatic heterocycles. The van der Waals surface area contributed by atoms with Crippen LogP contribution in [0, 0.1) is 0 Å². The Morgan fingerprint density at radius 1 is 1.35 bits per heavy atom. The molecule has 3 nitrogen and oxygen atoms in total. The van der Waals surface area contributed by atoms with Crippen LogP contribution in [-0.2, 0) is 6.54 Å². The van der Waals surface area contributed by atoms with Crippen LogP contribution in [0.3, 0.4) is 0 Å². The smallest absolute Gasteiger partial charge is 0.0584 e. The summed E-state index contributed by atoms with van der Waals surface area (Å²) in [7, 11) is 0. The highest BCUT2D eigenvalue weighted by Crippen LogP contribution is 2.20. The van der Waals surface area contributed by atoms with Crippen LogP contribution in [0.2, 0.25) is 0 Å². The largest absolute Gasteiger partial charge is 0.395 e. The maximum Gasteiger partial charge on any atom is 0.0584 e. The predicted molar refractivity (Wildman–Crippen MR) is 86.7 cm³/mol. The Balaban J connectivity index is 1.78. The van der Waals surface area contributed by atoms with Crippen LogP contribution in [0.15, 0.2) is 28.7 Å². The van der Waals surface area contributed by atoms with Crippen molar-refractivity contribution in [3.63, 3.8) is 0 Å². The van der Waals surface area contributed by atoms with Gasteiger partial charge in [0.05, 0.1) is 6.61 Å². The summed E-state index contributed by atoms with van der Waals surface area (Å²) in [4.78, 5) is 2.51. The monoisotopic (exact) mass is 340 g/mol. The third kappa shape index (κ3) is 4.55. The molecule has 1 unspecified atom stereocenters. The van der Waals surface area contributed by atoms with Crippen LogP contribution in [0.25, 0.3) is 0 Å². The van der Waals surface area contributed by atoms with Crippen molar-refractivity contribution in [1.82, 2.24) is 10.2 Å². The van der Waals surface area contributed by atoms with Crippen molar-refractivity contribution >= 4 is 15.9 Å². The molecule has 1 fully saturated rings. The third-order valence-corrected chi connectivity index (χ3v) is 4.90. The van der Waals surface area contributed by atoms with Crippen LogP contribution in [0.5, 0.6) is 0 Å². The predicted octanol–water partition coefficient (Wildman–Crippen LogP) is 2.77. The van der Waals surface area contributed by atoms with Gasteiger partial charge in [0.15, 0.2) is 0 Å². The molecule has 20 heavy (non-hydrogen) atoms. The molecule has 1 aliphatic heterocycles. The number of nitrogens with zero attached hydrogens (tertiary/aromatic N) is 1. The minimum Gasteiger partial charge on any atom is -0.395 e. The first-order valence-electron chi connectivity index (χ1n) is 7.55. The van der Waals surface area contributed by atoms with Gasteiger partial charge < -0.3 is 10.4 Å². The molecule has 0 amide bonds. The maximum atomic E-state index is 9.26. The van der Waals surface area contributed by atoms with Crippen LogP contribution < -0.4 is 5.32 Å². The molecule has 1 aromatic carbocycles. The first kappa shape index (κ1) is 16.0. The Labute approximate surface area is 130 Å². The number of benzene rings is 1. The lowest BCUT2D eigenvalue weighted by Crippen LogP contribution is -2.46. The fourth-order valence-electron chi connectivity index (χ4n) is 2.76. The zero-order valence-corrected chi connectivity index (χ0v) is 13.8. The molecule has 1 aliphatic rings. The van der Waals surface area contributed by atoms with Gasteiger partial charge in [-0.05, 0) is 44.0 Å². The normalized spacial score (nSPS) is 19.1. The van der Waals surface area contributed by atoms with E-state index in [9.17, 15) is 5.11 Å². The van der Waals surface area contributed by atoms with Crippen molar-refractivity contribution in [2.45, 2.75) is 44.8 Å². The van der Waals surface area contributed by atoms with Gasteiger partial charge in [-0.2, -0.15) is 0 Å². The lowest BCUT2D eigenvalue weighted by atomic mass is 10.0.